The lowest BCUT2D eigenvalue weighted by Crippen LogP contribution is -2.41. The maximum Gasteiger partial charge on any atom is 0.317 e. The van der Waals surface area contributed by atoms with Gasteiger partial charge in [-0.25, -0.2) is 4.79 Å². The molecule has 3 rings (SSSR count). The van der Waals surface area contributed by atoms with E-state index >= 15 is 0 Å². The van der Waals surface area contributed by atoms with Crippen molar-refractivity contribution >= 4 is 6.03 Å². The molecular formula is C18H24N4O3. The van der Waals surface area contributed by atoms with Crippen molar-refractivity contribution in [2.75, 3.05) is 13.1 Å². The third-order valence-corrected chi connectivity index (χ3v) is 4.12. The van der Waals surface area contributed by atoms with Gasteiger partial charge in [-0.2, -0.15) is 4.98 Å². The molecule has 2 aromatic rings. The van der Waals surface area contributed by atoms with Gasteiger partial charge in [-0.1, -0.05) is 22.9 Å². The SMILES string of the molecule is Cc1ccc(OCc2nc(C3CCN(C(=O)NC(C)C)C3)no2)cc1. The first-order valence-electron chi connectivity index (χ1n) is 8.58. The molecule has 2 heterocycles. The monoisotopic (exact) mass is 344 g/mol. The minimum atomic E-state index is -0.0380. The zero-order valence-electron chi connectivity index (χ0n) is 14.9. The van der Waals surface area contributed by atoms with Crippen molar-refractivity contribution in [3.05, 3.63) is 41.5 Å². The van der Waals surface area contributed by atoms with E-state index in [2.05, 4.69) is 15.5 Å². The van der Waals surface area contributed by atoms with E-state index in [0.717, 1.165) is 12.2 Å². The Balaban J connectivity index is 1.53. The molecule has 1 fully saturated rings. The molecule has 0 spiro atoms. The Kier molecular flexibility index (Phi) is 5.21. The first kappa shape index (κ1) is 17.3. The number of carbonyl (C=O) groups is 1. The van der Waals surface area contributed by atoms with E-state index in [1.54, 1.807) is 4.90 Å². The average molecular weight is 344 g/mol. The Morgan fingerprint density at radius 2 is 2.16 bits per heavy atom. The number of benzene rings is 1. The van der Waals surface area contributed by atoms with Gasteiger partial charge in [0.2, 0.25) is 0 Å². The lowest BCUT2D eigenvalue weighted by atomic mass is 10.1. The maximum absolute atomic E-state index is 12.1. The summed E-state index contributed by atoms with van der Waals surface area (Å²) in [5, 5.41) is 6.96. The zero-order valence-corrected chi connectivity index (χ0v) is 14.9. The quantitative estimate of drug-likeness (QED) is 0.902. The zero-order chi connectivity index (χ0) is 17.8. The van der Waals surface area contributed by atoms with Gasteiger partial charge < -0.3 is 19.5 Å². The molecule has 1 aromatic carbocycles. The molecular weight excluding hydrogens is 320 g/mol. The molecule has 1 aliphatic rings. The Hall–Kier alpha value is -2.57. The maximum atomic E-state index is 12.1. The van der Waals surface area contributed by atoms with Crippen LogP contribution in [-0.2, 0) is 6.61 Å². The first-order valence-corrected chi connectivity index (χ1v) is 8.58. The van der Waals surface area contributed by atoms with Gasteiger partial charge in [0, 0.05) is 25.0 Å². The van der Waals surface area contributed by atoms with Crippen molar-refractivity contribution in [1.29, 1.82) is 0 Å². The van der Waals surface area contributed by atoms with Crippen molar-refractivity contribution in [2.45, 2.75) is 45.8 Å². The molecule has 0 radical (unpaired) electrons. The summed E-state index contributed by atoms with van der Waals surface area (Å²) >= 11 is 0. The molecule has 134 valence electrons. The van der Waals surface area contributed by atoms with Crippen LogP contribution < -0.4 is 10.1 Å². The molecule has 1 aliphatic heterocycles. The van der Waals surface area contributed by atoms with Crippen LogP contribution in [0.1, 0.15) is 43.5 Å². The van der Waals surface area contributed by atoms with Gasteiger partial charge in [0.15, 0.2) is 12.4 Å². The number of ether oxygens (including phenoxy) is 1. The fraction of sp³-hybridized carbons (Fsp3) is 0.500. The Labute approximate surface area is 147 Å². The second-order valence-electron chi connectivity index (χ2n) is 6.68. The van der Waals surface area contributed by atoms with Gasteiger partial charge in [0.25, 0.3) is 5.89 Å². The summed E-state index contributed by atoms with van der Waals surface area (Å²) in [6.07, 6.45) is 0.837. The highest BCUT2D eigenvalue weighted by molar-refractivity contribution is 5.74. The molecule has 1 unspecified atom stereocenters. The van der Waals surface area contributed by atoms with Crippen LogP contribution in [0.5, 0.6) is 5.75 Å². The Morgan fingerprint density at radius 3 is 2.88 bits per heavy atom. The normalized spacial score (nSPS) is 17.1. The third kappa shape index (κ3) is 4.49. The number of carbonyl (C=O) groups excluding carboxylic acids is 1. The molecule has 1 saturated heterocycles. The molecule has 1 aromatic heterocycles. The van der Waals surface area contributed by atoms with Crippen LogP contribution in [0, 0.1) is 6.92 Å². The predicted molar refractivity (Wildman–Crippen MR) is 92.4 cm³/mol. The van der Waals surface area contributed by atoms with Crippen LogP contribution in [0.4, 0.5) is 4.79 Å². The van der Waals surface area contributed by atoms with Crippen molar-refractivity contribution in [1.82, 2.24) is 20.4 Å². The number of aromatic nitrogens is 2. The molecule has 7 heteroatoms. The van der Waals surface area contributed by atoms with Crippen molar-refractivity contribution in [2.24, 2.45) is 0 Å². The smallest absolute Gasteiger partial charge is 0.317 e. The second kappa shape index (κ2) is 7.55. The Bertz CT molecular complexity index is 711. The number of nitrogens with zero attached hydrogens (tertiary/aromatic N) is 3. The minimum absolute atomic E-state index is 0.0380. The second-order valence-corrected chi connectivity index (χ2v) is 6.68. The van der Waals surface area contributed by atoms with Gasteiger partial charge >= 0.3 is 6.03 Å². The largest absolute Gasteiger partial charge is 0.484 e. The molecule has 1 N–H and O–H groups in total. The summed E-state index contributed by atoms with van der Waals surface area (Å²) < 4.78 is 10.9. The summed E-state index contributed by atoms with van der Waals surface area (Å²) in [6, 6.07) is 7.89. The average Bonchev–Trinajstić information content (AvgIpc) is 3.23. The predicted octanol–water partition coefficient (Wildman–Crippen LogP) is 2.86. The lowest BCUT2D eigenvalue weighted by Gasteiger charge is -2.18. The molecule has 7 nitrogen and oxygen atoms in total. The fourth-order valence-corrected chi connectivity index (χ4v) is 2.77. The summed E-state index contributed by atoms with van der Waals surface area (Å²) in [5.74, 6) is 1.96. The number of nitrogens with one attached hydrogen (secondary N) is 1. The van der Waals surface area contributed by atoms with Gasteiger partial charge in [0.1, 0.15) is 5.75 Å². The summed E-state index contributed by atoms with van der Waals surface area (Å²) in [5.41, 5.74) is 1.18. The van der Waals surface area contributed by atoms with E-state index < -0.39 is 0 Å². The highest BCUT2D eigenvalue weighted by Crippen LogP contribution is 2.25. The van der Waals surface area contributed by atoms with Gasteiger partial charge in [-0.05, 0) is 39.3 Å². The van der Waals surface area contributed by atoms with Gasteiger partial charge in [-0.3, -0.25) is 0 Å². The van der Waals surface area contributed by atoms with Crippen molar-refractivity contribution in [3.63, 3.8) is 0 Å². The number of likely N-dealkylation sites (tertiary alicyclic amines) is 1. The molecule has 1 atom stereocenters. The van der Waals surface area contributed by atoms with Crippen LogP contribution >= 0.6 is 0 Å². The van der Waals surface area contributed by atoms with E-state index in [4.69, 9.17) is 9.26 Å². The van der Waals surface area contributed by atoms with Crippen LogP contribution in [0.25, 0.3) is 0 Å². The number of rotatable bonds is 5. The van der Waals surface area contributed by atoms with Crippen molar-refractivity contribution < 1.29 is 14.1 Å². The number of urea groups is 1. The first-order chi connectivity index (χ1) is 12.0. The summed E-state index contributed by atoms with van der Waals surface area (Å²) in [7, 11) is 0. The molecule has 0 bridgehead atoms. The van der Waals surface area contributed by atoms with E-state index in [1.165, 1.54) is 5.56 Å². The van der Waals surface area contributed by atoms with E-state index in [9.17, 15) is 4.79 Å². The molecule has 2 amide bonds. The summed E-state index contributed by atoms with van der Waals surface area (Å²) in [6.45, 7) is 7.47. The number of amides is 2. The van der Waals surface area contributed by atoms with Crippen LogP contribution in [0.3, 0.4) is 0 Å². The Morgan fingerprint density at radius 1 is 1.40 bits per heavy atom. The van der Waals surface area contributed by atoms with Crippen LogP contribution in [-0.4, -0.2) is 40.2 Å². The van der Waals surface area contributed by atoms with Gasteiger partial charge in [0.05, 0.1) is 0 Å². The summed E-state index contributed by atoms with van der Waals surface area (Å²) in [4.78, 5) is 18.3. The number of aryl methyl sites for hydroxylation is 1. The fourth-order valence-electron chi connectivity index (χ4n) is 2.77. The van der Waals surface area contributed by atoms with E-state index in [1.807, 2.05) is 45.0 Å². The molecule has 25 heavy (non-hydrogen) atoms. The van der Waals surface area contributed by atoms with Crippen LogP contribution in [0.2, 0.25) is 0 Å². The minimum Gasteiger partial charge on any atom is -0.484 e. The standard InChI is InChI=1S/C18H24N4O3/c1-12(2)19-18(23)22-9-8-14(10-22)17-20-16(25-21-17)11-24-15-6-4-13(3)5-7-15/h4-7,12,14H,8-11H2,1-3H3,(H,19,23). The highest BCUT2D eigenvalue weighted by atomic mass is 16.5. The molecule has 0 saturated carbocycles. The van der Waals surface area contributed by atoms with E-state index in [-0.39, 0.29) is 24.6 Å². The molecule has 0 aliphatic carbocycles. The number of hydrogen-bond acceptors (Lipinski definition) is 5. The lowest BCUT2D eigenvalue weighted by molar-refractivity contribution is 0.205. The van der Waals surface area contributed by atoms with Gasteiger partial charge in [-0.15, -0.1) is 0 Å². The topological polar surface area (TPSA) is 80.5 Å². The van der Waals surface area contributed by atoms with E-state index in [0.29, 0.717) is 24.8 Å². The van der Waals surface area contributed by atoms with Crippen molar-refractivity contribution in [3.8, 4) is 5.75 Å². The van der Waals surface area contributed by atoms with Crippen LogP contribution in [0.15, 0.2) is 28.8 Å². The highest BCUT2D eigenvalue weighted by Gasteiger charge is 2.30. The third-order valence-electron chi connectivity index (χ3n) is 4.12. The number of hydrogen-bond donors (Lipinski definition) is 1.